The summed E-state index contributed by atoms with van der Waals surface area (Å²) >= 11 is 0. The van der Waals surface area contributed by atoms with Crippen molar-refractivity contribution in [2.45, 2.75) is 30.1 Å². The van der Waals surface area contributed by atoms with Crippen LogP contribution in [0, 0.1) is 0 Å². The van der Waals surface area contributed by atoms with Crippen LogP contribution in [0.2, 0.25) is 0 Å². The lowest BCUT2D eigenvalue weighted by Gasteiger charge is -2.59. The summed E-state index contributed by atoms with van der Waals surface area (Å²) in [5.74, 6) is -0.991. The molecule has 0 N–H and O–H groups in total. The molecule has 0 saturated carbocycles. The van der Waals surface area contributed by atoms with Crippen molar-refractivity contribution in [2.24, 2.45) is 0 Å². The molecule has 3 aliphatic carbocycles. The van der Waals surface area contributed by atoms with Crippen LogP contribution in [0.5, 0.6) is 0 Å². The van der Waals surface area contributed by atoms with E-state index < -0.39 is 35.2 Å². The predicted octanol–water partition coefficient (Wildman–Crippen LogP) is 5.66. The zero-order chi connectivity index (χ0) is 25.6. The SMILES string of the molecule is CO[C@]12c3ccccc3[C@](C)(c3ccccc31)[C@H](OC(=O)c1ccccc1)[C@@H]2OC(=O)c1ccccc1. The number of carbonyl (C=O) groups excluding carboxylic acids is 2. The second kappa shape index (κ2) is 8.71. The average Bonchev–Trinajstić information content (AvgIpc) is 2.96. The summed E-state index contributed by atoms with van der Waals surface area (Å²) in [6, 6.07) is 33.6. The number of esters is 2. The Labute approximate surface area is 215 Å². The van der Waals surface area contributed by atoms with Gasteiger partial charge in [-0.1, -0.05) is 84.9 Å². The van der Waals surface area contributed by atoms with Gasteiger partial charge in [-0.25, -0.2) is 9.59 Å². The average molecular weight is 491 g/mol. The molecule has 0 fully saturated rings. The lowest BCUT2D eigenvalue weighted by Crippen LogP contribution is -2.67. The smallest absolute Gasteiger partial charge is 0.338 e. The van der Waals surface area contributed by atoms with E-state index in [1.54, 1.807) is 55.6 Å². The third kappa shape index (κ3) is 3.27. The van der Waals surface area contributed by atoms with E-state index in [0.717, 1.165) is 22.3 Å². The number of hydrogen-bond donors (Lipinski definition) is 0. The molecule has 3 aliphatic rings. The first kappa shape index (κ1) is 23.2. The van der Waals surface area contributed by atoms with Crippen molar-refractivity contribution in [2.75, 3.05) is 7.11 Å². The first-order valence-corrected chi connectivity index (χ1v) is 12.3. The monoisotopic (exact) mass is 490 g/mol. The molecule has 184 valence electrons. The fourth-order valence-electron chi connectivity index (χ4n) is 6.11. The third-order valence-corrected chi connectivity index (χ3v) is 7.83. The predicted molar refractivity (Wildman–Crippen MR) is 138 cm³/mol. The van der Waals surface area contributed by atoms with Crippen molar-refractivity contribution >= 4 is 11.9 Å². The Morgan fingerprint density at radius 2 is 0.946 bits per heavy atom. The van der Waals surface area contributed by atoms with E-state index >= 15 is 0 Å². The highest BCUT2D eigenvalue weighted by Crippen LogP contribution is 2.61. The second-order valence-corrected chi connectivity index (χ2v) is 9.62. The van der Waals surface area contributed by atoms with E-state index in [1.807, 2.05) is 60.7 Å². The summed E-state index contributed by atoms with van der Waals surface area (Å²) in [6.45, 7) is 2.05. The number of rotatable bonds is 5. The van der Waals surface area contributed by atoms with Crippen LogP contribution in [0.3, 0.4) is 0 Å². The molecule has 0 saturated heterocycles. The second-order valence-electron chi connectivity index (χ2n) is 9.62. The van der Waals surface area contributed by atoms with Crippen molar-refractivity contribution < 1.29 is 23.8 Å². The summed E-state index contributed by atoms with van der Waals surface area (Å²) in [5, 5.41) is 0. The van der Waals surface area contributed by atoms with Gasteiger partial charge in [0.1, 0.15) is 0 Å². The quantitative estimate of drug-likeness (QED) is 0.338. The van der Waals surface area contributed by atoms with Crippen LogP contribution in [0.4, 0.5) is 0 Å². The Morgan fingerprint density at radius 3 is 1.38 bits per heavy atom. The van der Waals surface area contributed by atoms with Gasteiger partial charge in [0.15, 0.2) is 17.8 Å². The molecular weight excluding hydrogens is 464 g/mol. The first-order valence-electron chi connectivity index (χ1n) is 12.3. The van der Waals surface area contributed by atoms with Crippen molar-refractivity contribution in [3.05, 3.63) is 143 Å². The van der Waals surface area contributed by atoms with Crippen LogP contribution < -0.4 is 0 Å². The molecule has 4 aromatic carbocycles. The van der Waals surface area contributed by atoms with E-state index in [1.165, 1.54) is 0 Å². The maximum atomic E-state index is 13.5. The Bertz CT molecular complexity index is 1430. The number of carbonyl (C=O) groups is 2. The van der Waals surface area contributed by atoms with Gasteiger partial charge in [-0.05, 0) is 53.4 Å². The molecule has 0 spiro atoms. The fourth-order valence-corrected chi connectivity index (χ4v) is 6.11. The van der Waals surface area contributed by atoms with Crippen molar-refractivity contribution in [1.29, 1.82) is 0 Å². The molecule has 7 rings (SSSR count). The first-order chi connectivity index (χ1) is 18.0. The van der Waals surface area contributed by atoms with E-state index in [2.05, 4.69) is 6.92 Å². The minimum absolute atomic E-state index is 0.412. The van der Waals surface area contributed by atoms with Gasteiger partial charge in [-0.3, -0.25) is 0 Å². The molecule has 2 bridgehead atoms. The van der Waals surface area contributed by atoms with Crippen LogP contribution in [0.15, 0.2) is 109 Å². The maximum Gasteiger partial charge on any atom is 0.338 e. The largest absolute Gasteiger partial charge is 0.453 e. The standard InChI is InChI=1S/C32H26O5/c1-31-23-17-9-11-19-25(23)32(35-2,26-20-12-10-18-24(26)31)28(37-30(34)22-15-7-4-8-16-22)27(31)36-29(33)21-13-5-3-6-14-21/h3-20,27-28H,1-2H3/t27-,28+,31-,32-/m1/s1. The van der Waals surface area contributed by atoms with Gasteiger partial charge in [-0.15, -0.1) is 0 Å². The van der Waals surface area contributed by atoms with Crippen molar-refractivity contribution in [1.82, 2.24) is 0 Å². The van der Waals surface area contributed by atoms with Gasteiger partial charge in [0.05, 0.1) is 16.5 Å². The van der Waals surface area contributed by atoms with Crippen LogP contribution in [-0.4, -0.2) is 31.3 Å². The van der Waals surface area contributed by atoms with Crippen LogP contribution in [0.25, 0.3) is 0 Å². The topological polar surface area (TPSA) is 61.8 Å². The Kier molecular flexibility index (Phi) is 5.46. The van der Waals surface area contributed by atoms with Gasteiger partial charge in [0.25, 0.3) is 0 Å². The van der Waals surface area contributed by atoms with E-state index in [9.17, 15) is 9.59 Å². The molecule has 4 aromatic rings. The van der Waals surface area contributed by atoms with Gasteiger partial charge in [-0.2, -0.15) is 0 Å². The molecule has 0 amide bonds. The molecule has 37 heavy (non-hydrogen) atoms. The third-order valence-electron chi connectivity index (χ3n) is 7.83. The summed E-state index contributed by atoms with van der Waals surface area (Å²) in [5.41, 5.74) is 2.63. The highest BCUT2D eigenvalue weighted by atomic mass is 16.6. The van der Waals surface area contributed by atoms with E-state index in [0.29, 0.717) is 11.1 Å². The molecule has 0 radical (unpaired) electrons. The van der Waals surface area contributed by atoms with Crippen molar-refractivity contribution in [3.63, 3.8) is 0 Å². The minimum atomic E-state index is -1.17. The van der Waals surface area contributed by atoms with E-state index in [-0.39, 0.29) is 0 Å². The van der Waals surface area contributed by atoms with Gasteiger partial charge in [0, 0.05) is 7.11 Å². The summed E-state index contributed by atoms with van der Waals surface area (Å²) in [4.78, 5) is 26.9. The summed E-state index contributed by atoms with van der Waals surface area (Å²) < 4.78 is 19.0. The van der Waals surface area contributed by atoms with E-state index in [4.69, 9.17) is 14.2 Å². The molecule has 0 aromatic heterocycles. The molecule has 2 atom stereocenters. The molecule has 0 aliphatic heterocycles. The zero-order valence-corrected chi connectivity index (χ0v) is 20.6. The van der Waals surface area contributed by atoms with Crippen LogP contribution >= 0.6 is 0 Å². The number of ether oxygens (including phenoxy) is 3. The molecule has 0 unspecified atom stereocenters. The normalized spacial score (nSPS) is 25.0. The molecule has 5 heteroatoms. The molecule has 0 heterocycles. The highest BCUT2D eigenvalue weighted by molar-refractivity contribution is 5.91. The fraction of sp³-hybridized carbons (Fsp3) is 0.188. The number of hydrogen-bond acceptors (Lipinski definition) is 5. The van der Waals surface area contributed by atoms with Crippen LogP contribution in [-0.2, 0) is 25.2 Å². The number of methoxy groups -OCH3 is 1. The number of fused-ring (bicyclic) bond motifs is 1. The summed E-state index contributed by atoms with van der Waals surface area (Å²) in [6.07, 6.45) is -1.79. The minimum Gasteiger partial charge on any atom is -0.453 e. The lowest BCUT2D eigenvalue weighted by atomic mass is 9.51. The Balaban J connectivity index is 1.57. The highest BCUT2D eigenvalue weighted by Gasteiger charge is 2.68. The number of benzene rings is 4. The zero-order valence-electron chi connectivity index (χ0n) is 20.6. The molecular formula is C32H26O5. The Morgan fingerprint density at radius 1 is 0.568 bits per heavy atom. The maximum absolute atomic E-state index is 13.5. The summed E-state index contributed by atoms with van der Waals surface area (Å²) in [7, 11) is 1.61. The van der Waals surface area contributed by atoms with Gasteiger partial charge in [0.2, 0.25) is 0 Å². The van der Waals surface area contributed by atoms with Crippen LogP contribution in [0.1, 0.15) is 49.9 Å². The van der Waals surface area contributed by atoms with Gasteiger partial charge < -0.3 is 14.2 Å². The Hall–Kier alpha value is -4.22. The van der Waals surface area contributed by atoms with Gasteiger partial charge >= 0.3 is 11.9 Å². The molecule has 5 nitrogen and oxygen atoms in total. The lowest BCUT2D eigenvalue weighted by molar-refractivity contribution is -0.167. The van der Waals surface area contributed by atoms with Crippen molar-refractivity contribution in [3.8, 4) is 0 Å².